The van der Waals surface area contributed by atoms with Gasteiger partial charge in [0.25, 0.3) is 0 Å². The number of hydrogen-bond donors (Lipinski definition) is 2. The van der Waals surface area contributed by atoms with Crippen molar-refractivity contribution >= 4 is 11.6 Å². The Hall–Kier alpha value is -1.35. The minimum atomic E-state index is -0.0742. The van der Waals surface area contributed by atoms with E-state index in [1.807, 2.05) is 6.07 Å². The summed E-state index contributed by atoms with van der Waals surface area (Å²) in [7, 11) is 0. The zero-order valence-electron chi connectivity index (χ0n) is 9.79. The number of benzene rings is 1. The first kappa shape index (κ1) is 11.1. The van der Waals surface area contributed by atoms with Crippen molar-refractivity contribution in [2.24, 2.45) is 11.7 Å². The summed E-state index contributed by atoms with van der Waals surface area (Å²) in [6.45, 7) is 4.75. The predicted octanol–water partition coefficient (Wildman–Crippen LogP) is 1.88. The molecule has 86 valence electrons. The van der Waals surface area contributed by atoms with Crippen molar-refractivity contribution in [1.82, 2.24) is 0 Å². The molecule has 0 aromatic heterocycles. The lowest BCUT2D eigenvalue weighted by Gasteiger charge is -2.24. The van der Waals surface area contributed by atoms with E-state index in [1.165, 1.54) is 11.1 Å². The van der Waals surface area contributed by atoms with Gasteiger partial charge < -0.3 is 11.1 Å². The summed E-state index contributed by atoms with van der Waals surface area (Å²) in [5.41, 5.74) is 9.05. The van der Waals surface area contributed by atoms with Crippen LogP contribution in [0.15, 0.2) is 18.2 Å². The first-order valence-corrected chi connectivity index (χ1v) is 5.75. The molecule has 0 saturated heterocycles. The van der Waals surface area contributed by atoms with Gasteiger partial charge in [-0.2, -0.15) is 0 Å². The highest BCUT2D eigenvalue weighted by molar-refractivity contribution is 5.95. The van der Waals surface area contributed by atoms with Crippen molar-refractivity contribution in [3.05, 3.63) is 29.3 Å². The van der Waals surface area contributed by atoms with Gasteiger partial charge in [-0.1, -0.05) is 26.0 Å². The lowest BCUT2D eigenvalue weighted by molar-refractivity contribution is -0.119. The molecule has 1 aromatic carbocycles. The maximum atomic E-state index is 11.6. The molecule has 1 atom stereocenters. The lowest BCUT2D eigenvalue weighted by Crippen LogP contribution is -2.34. The minimum Gasteiger partial charge on any atom is -0.330 e. The summed E-state index contributed by atoms with van der Waals surface area (Å²) in [5, 5.41) is 2.91. The summed E-state index contributed by atoms with van der Waals surface area (Å²) in [6.07, 6.45) is 0.762. The number of rotatable bonds is 2. The third kappa shape index (κ3) is 1.95. The van der Waals surface area contributed by atoms with Gasteiger partial charge in [-0.05, 0) is 29.5 Å². The van der Waals surface area contributed by atoms with E-state index in [9.17, 15) is 4.79 Å². The molecule has 3 heteroatoms. The van der Waals surface area contributed by atoms with Gasteiger partial charge in [-0.25, -0.2) is 0 Å². The average molecular weight is 218 g/mol. The summed E-state index contributed by atoms with van der Waals surface area (Å²) in [4.78, 5) is 11.6. The fraction of sp³-hybridized carbons (Fsp3) is 0.462. The second-order valence-electron chi connectivity index (χ2n) is 4.70. The van der Waals surface area contributed by atoms with Crippen molar-refractivity contribution < 1.29 is 4.79 Å². The highest BCUT2D eigenvalue weighted by Crippen LogP contribution is 2.28. The maximum absolute atomic E-state index is 11.6. The van der Waals surface area contributed by atoms with Crippen molar-refractivity contribution in [2.45, 2.75) is 26.2 Å². The Morgan fingerprint density at radius 1 is 1.50 bits per heavy atom. The zero-order valence-corrected chi connectivity index (χ0v) is 9.79. The van der Waals surface area contributed by atoms with Crippen LogP contribution >= 0.6 is 0 Å². The summed E-state index contributed by atoms with van der Waals surface area (Å²) < 4.78 is 0. The highest BCUT2D eigenvalue weighted by Gasteiger charge is 2.24. The molecule has 1 amide bonds. The molecule has 1 unspecified atom stereocenters. The Morgan fingerprint density at radius 3 is 2.88 bits per heavy atom. The van der Waals surface area contributed by atoms with E-state index in [1.54, 1.807) is 0 Å². The second-order valence-corrected chi connectivity index (χ2v) is 4.70. The molecule has 0 bridgehead atoms. The van der Waals surface area contributed by atoms with E-state index in [2.05, 4.69) is 31.3 Å². The van der Waals surface area contributed by atoms with Crippen LogP contribution in [0.3, 0.4) is 0 Å². The maximum Gasteiger partial charge on any atom is 0.229 e. The molecule has 1 aromatic rings. The molecule has 1 aliphatic rings. The Balaban J connectivity index is 2.33. The molecule has 1 heterocycles. The average Bonchev–Trinajstić information content (AvgIpc) is 2.27. The third-order valence-corrected chi connectivity index (χ3v) is 3.18. The molecule has 16 heavy (non-hydrogen) atoms. The molecule has 3 N–H and O–H groups in total. The summed E-state index contributed by atoms with van der Waals surface area (Å²) >= 11 is 0. The van der Waals surface area contributed by atoms with E-state index >= 15 is 0 Å². The fourth-order valence-corrected chi connectivity index (χ4v) is 2.05. The number of anilines is 1. The monoisotopic (exact) mass is 218 g/mol. The normalized spacial score (nSPS) is 19.5. The third-order valence-electron chi connectivity index (χ3n) is 3.18. The number of fused-ring (bicyclic) bond motifs is 1. The largest absolute Gasteiger partial charge is 0.330 e. The van der Waals surface area contributed by atoms with Gasteiger partial charge in [0, 0.05) is 12.2 Å². The van der Waals surface area contributed by atoms with Crippen LogP contribution in [-0.2, 0) is 11.2 Å². The van der Waals surface area contributed by atoms with E-state index in [0.717, 1.165) is 12.1 Å². The number of carbonyl (C=O) groups excluding carboxylic acids is 1. The molecule has 0 radical (unpaired) electrons. The number of amides is 1. The molecule has 1 aliphatic heterocycles. The lowest BCUT2D eigenvalue weighted by atomic mass is 9.90. The van der Waals surface area contributed by atoms with Crippen LogP contribution < -0.4 is 11.1 Å². The van der Waals surface area contributed by atoms with Gasteiger partial charge in [0.15, 0.2) is 0 Å². The molecule has 2 rings (SSSR count). The Bertz CT molecular complexity index is 412. The first-order chi connectivity index (χ1) is 7.61. The smallest absolute Gasteiger partial charge is 0.229 e. The first-order valence-electron chi connectivity index (χ1n) is 5.75. The number of nitrogens with two attached hydrogens (primary N) is 1. The molecule has 3 nitrogen and oxygen atoms in total. The molecule has 0 saturated carbocycles. The molecule has 0 aliphatic carbocycles. The number of carbonyl (C=O) groups is 1. The van der Waals surface area contributed by atoms with E-state index < -0.39 is 0 Å². The minimum absolute atomic E-state index is 0.0484. The Kier molecular flexibility index (Phi) is 2.97. The number of hydrogen-bond acceptors (Lipinski definition) is 2. The molecule has 0 spiro atoms. The van der Waals surface area contributed by atoms with E-state index in [0.29, 0.717) is 12.5 Å². The molecular weight excluding hydrogens is 200 g/mol. The van der Waals surface area contributed by atoms with Crippen LogP contribution in [0.25, 0.3) is 0 Å². The quantitative estimate of drug-likeness (QED) is 0.796. The SMILES string of the molecule is CC(C)c1ccc2c(c1)CC(CN)C(=O)N2. The van der Waals surface area contributed by atoms with Crippen LogP contribution in [0.4, 0.5) is 5.69 Å². The highest BCUT2D eigenvalue weighted by atomic mass is 16.1. The van der Waals surface area contributed by atoms with Crippen molar-refractivity contribution in [3.63, 3.8) is 0 Å². The van der Waals surface area contributed by atoms with Gasteiger partial charge in [-0.15, -0.1) is 0 Å². The fourth-order valence-electron chi connectivity index (χ4n) is 2.05. The Labute approximate surface area is 96.0 Å². The van der Waals surface area contributed by atoms with E-state index in [4.69, 9.17) is 5.73 Å². The predicted molar refractivity (Wildman–Crippen MR) is 65.4 cm³/mol. The second kappa shape index (κ2) is 4.26. The van der Waals surface area contributed by atoms with Crippen LogP contribution in [0.1, 0.15) is 30.9 Å². The van der Waals surface area contributed by atoms with E-state index in [-0.39, 0.29) is 11.8 Å². The molecule has 0 fully saturated rings. The van der Waals surface area contributed by atoms with Gasteiger partial charge in [0.05, 0.1) is 5.92 Å². The van der Waals surface area contributed by atoms with Gasteiger partial charge in [-0.3, -0.25) is 4.79 Å². The van der Waals surface area contributed by atoms with Crippen molar-refractivity contribution in [1.29, 1.82) is 0 Å². The summed E-state index contributed by atoms with van der Waals surface area (Å²) in [6, 6.07) is 6.25. The van der Waals surface area contributed by atoms with Gasteiger partial charge in [0.1, 0.15) is 0 Å². The van der Waals surface area contributed by atoms with Crippen LogP contribution in [0.5, 0.6) is 0 Å². The van der Waals surface area contributed by atoms with Crippen LogP contribution in [0.2, 0.25) is 0 Å². The standard InChI is InChI=1S/C13H18N2O/c1-8(2)9-3-4-12-10(5-9)6-11(7-14)13(16)15-12/h3-5,8,11H,6-7,14H2,1-2H3,(H,15,16). The Morgan fingerprint density at radius 2 is 2.25 bits per heavy atom. The van der Waals surface area contributed by atoms with Crippen LogP contribution in [0, 0.1) is 5.92 Å². The van der Waals surface area contributed by atoms with Gasteiger partial charge >= 0.3 is 0 Å². The topological polar surface area (TPSA) is 55.1 Å². The van der Waals surface area contributed by atoms with Crippen molar-refractivity contribution in [3.8, 4) is 0 Å². The number of nitrogens with one attached hydrogen (secondary N) is 1. The zero-order chi connectivity index (χ0) is 11.7. The van der Waals surface area contributed by atoms with Gasteiger partial charge in [0.2, 0.25) is 5.91 Å². The summed E-state index contributed by atoms with van der Waals surface area (Å²) in [5.74, 6) is 0.487. The van der Waals surface area contributed by atoms with Crippen molar-refractivity contribution in [2.75, 3.05) is 11.9 Å². The van der Waals surface area contributed by atoms with Crippen LogP contribution in [-0.4, -0.2) is 12.5 Å². The molecular formula is C13H18N2O.